The van der Waals surface area contributed by atoms with Crippen molar-refractivity contribution in [2.24, 2.45) is 0 Å². The number of hydrogen-bond donors (Lipinski definition) is 1. The number of hydrogen-bond acceptors (Lipinski definition) is 5. The molecule has 3 aromatic rings. The third-order valence-corrected chi connectivity index (χ3v) is 6.27. The SMILES string of the molecule is Cc1ccc(=O)n(CC(=O)NCC(c2ccccc2)N2CCc3sccc3C2)n1. The summed E-state index contributed by atoms with van der Waals surface area (Å²) in [5, 5.41) is 9.31. The average molecular weight is 409 g/mol. The summed E-state index contributed by atoms with van der Waals surface area (Å²) >= 11 is 1.82. The molecule has 1 amide bonds. The number of amides is 1. The van der Waals surface area contributed by atoms with Gasteiger partial charge in [-0.1, -0.05) is 30.3 Å². The van der Waals surface area contributed by atoms with Crippen molar-refractivity contribution in [1.29, 1.82) is 0 Å². The maximum atomic E-state index is 12.5. The van der Waals surface area contributed by atoms with Crippen LogP contribution in [0.5, 0.6) is 0 Å². The van der Waals surface area contributed by atoms with E-state index in [1.54, 1.807) is 13.0 Å². The van der Waals surface area contributed by atoms with E-state index in [9.17, 15) is 9.59 Å². The number of carbonyl (C=O) groups is 1. The highest BCUT2D eigenvalue weighted by molar-refractivity contribution is 7.10. The highest BCUT2D eigenvalue weighted by atomic mass is 32.1. The zero-order valence-corrected chi connectivity index (χ0v) is 17.2. The van der Waals surface area contributed by atoms with E-state index in [4.69, 9.17) is 0 Å². The van der Waals surface area contributed by atoms with Gasteiger partial charge in [-0.2, -0.15) is 5.10 Å². The first-order valence-electron chi connectivity index (χ1n) is 9.76. The van der Waals surface area contributed by atoms with Crippen LogP contribution in [0.25, 0.3) is 0 Å². The molecule has 1 unspecified atom stereocenters. The molecule has 0 radical (unpaired) electrons. The molecule has 0 aliphatic carbocycles. The third kappa shape index (κ3) is 4.63. The number of thiophene rings is 1. The summed E-state index contributed by atoms with van der Waals surface area (Å²) in [7, 11) is 0. The molecular formula is C22H24N4O2S. The minimum Gasteiger partial charge on any atom is -0.353 e. The van der Waals surface area contributed by atoms with E-state index in [-0.39, 0.29) is 24.1 Å². The normalized spacial score (nSPS) is 14.9. The summed E-state index contributed by atoms with van der Waals surface area (Å²) < 4.78 is 1.21. The molecular weight excluding hydrogens is 384 g/mol. The number of rotatable bonds is 6. The van der Waals surface area contributed by atoms with Crippen LogP contribution in [0.4, 0.5) is 0 Å². The minimum absolute atomic E-state index is 0.0727. The molecule has 29 heavy (non-hydrogen) atoms. The first-order chi connectivity index (χ1) is 14.1. The summed E-state index contributed by atoms with van der Waals surface area (Å²) in [5.41, 5.74) is 2.99. The molecule has 3 heterocycles. The van der Waals surface area contributed by atoms with Crippen LogP contribution in [0.2, 0.25) is 0 Å². The maximum Gasteiger partial charge on any atom is 0.267 e. The molecule has 0 spiro atoms. The van der Waals surface area contributed by atoms with Gasteiger partial charge in [0.05, 0.1) is 11.7 Å². The number of fused-ring (bicyclic) bond motifs is 1. The van der Waals surface area contributed by atoms with Crippen molar-refractivity contribution in [3.63, 3.8) is 0 Å². The lowest BCUT2D eigenvalue weighted by atomic mass is 10.0. The second kappa shape index (κ2) is 8.71. The lowest BCUT2D eigenvalue weighted by molar-refractivity contribution is -0.122. The second-order valence-electron chi connectivity index (χ2n) is 7.29. The molecule has 7 heteroatoms. The van der Waals surface area contributed by atoms with Gasteiger partial charge in [-0.25, -0.2) is 4.68 Å². The monoisotopic (exact) mass is 408 g/mol. The fourth-order valence-electron chi connectivity index (χ4n) is 3.74. The van der Waals surface area contributed by atoms with Crippen LogP contribution >= 0.6 is 11.3 Å². The van der Waals surface area contributed by atoms with E-state index in [1.165, 1.54) is 26.8 Å². The summed E-state index contributed by atoms with van der Waals surface area (Å²) in [4.78, 5) is 28.3. The van der Waals surface area contributed by atoms with E-state index >= 15 is 0 Å². The number of nitrogens with zero attached hydrogens (tertiary/aromatic N) is 3. The summed E-state index contributed by atoms with van der Waals surface area (Å²) in [5.74, 6) is -0.209. The molecule has 1 aliphatic heterocycles. The molecule has 0 saturated carbocycles. The number of carbonyl (C=O) groups excluding carboxylic acids is 1. The van der Waals surface area contributed by atoms with Gasteiger partial charge in [-0.15, -0.1) is 11.3 Å². The van der Waals surface area contributed by atoms with Crippen LogP contribution in [-0.2, 0) is 24.3 Å². The van der Waals surface area contributed by atoms with Crippen LogP contribution in [-0.4, -0.2) is 33.7 Å². The molecule has 1 N–H and O–H groups in total. The van der Waals surface area contributed by atoms with Crippen LogP contribution in [0.1, 0.15) is 27.7 Å². The minimum atomic E-state index is -0.272. The Labute approximate surface area is 173 Å². The smallest absolute Gasteiger partial charge is 0.267 e. The van der Waals surface area contributed by atoms with Gasteiger partial charge in [-0.05, 0) is 42.0 Å². The predicted octanol–water partition coefficient (Wildman–Crippen LogP) is 2.53. The van der Waals surface area contributed by atoms with Crippen molar-refractivity contribution >= 4 is 17.2 Å². The standard InChI is InChI=1S/C22H24N4O2S/c1-16-7-8-22(28)26(24-16)15-21(27)23-13-19(17-5-3-2-4-6-17)25-11-9-20-18(14-25)10-12-29-20/h2-8,10,12,19H,9,11,13-15H2,1H3,(H,23,27). The van der Waals surface area contributed by atoms with E-state index in [0.29, 0.717) is 12.2 Å². The van der Waals surface area contributed by atoms with Gasteiger partial charge in [0.2, 0.25) is 5.91 Å². The highest BCUT2D eigenvalue weighted by Crippen LogP contribution is 2.30. The van der Waals surface area contributed by atoms with Crippen molar-refractivity contribution < 1.29 is 4.79 Å². The van der Waals surface area contributed by atoms with E-state index in [1.807, 2.05) is 29.5 Å². The van der Waals surface area contributed by atoms with Crippen molar-refractivity contribution in [1.82, 2.24) is 20.0 Å². The van der Waals surface area contributed by atoms with Crippen LogP contribution in [0.15, 0.2) is 58.7 Å². The zero-order chi connectivity index (χ0) is 20.2. The Hall–Kier alpha value is -2.77. The molecule has 0 saturated heterocycles. The first kappa shape index (κ1) is 19.5. The van der Waals surface area contributed by atoms with Gasteiger partial charge >= 0.3 is 0 Å². The Bertz CT molecular complexity index is 1040. The quantitative estimate of drug-likeness (QED) is 0.681. The molecule has 0 bridgehead atoms. The Balaban J connectivity index is 1.47. The fraction of sp³-hybridized carbons (Fsp3) is 0.318. The molecule has 2 aromatic heterocycles. The van der Waals surface area contributed by atoms with Gasteiger partial charge in [-0.3, -0.25) is 14.5 Å². The Morgan fingerprint density at radius 1 is 1.21 bits per heavy atom. The number of benzene rings is 1. The molecule has 1 aliphatic rings. The lowest BCUT2D eigenvalue weighted by Gasteiger charge is -2.35. The van der Waals surface area contributed by atoms with Gasteiger partial charge in [0.15, 0.2) is 0 Å². The molecule has 1 atom stereocenters. The van der Waals surface area contributed by atoms with Crippen LogP contribution in [0.3, 0.4) is 0 Å². The first-order valence-corrected chi connectivity index (χ1v) is 10.6. The van der Waals surface area contributed by atoms with Crippen molar-refractivity contribution in [3.05, 3.63) is 86.0 Å². The van der Waals surface area contributed by atoms with Crippen molar-refractivity contribution in [3.8, 4) is 0 Å². The highest BCUT2D eigenvalue weighted by Gasteiger charge is 2.25. The summed E-state index contributed by atoms with van der Waals surface area (Å²) in [6.45, 7) is 4.06. The van der Waals surface area contributed by atoms with E-state index in [2.05, 4.69) is 38.9 Å². The largest absolute Gasteiger partial charge is 0.353 e. The van der Waals surface area contributed by atoms with Crippen LogP contribution < -0.4 is 10.9 Å². The van der Waals surface area contributed by atoms with Crippen molar-refractivity contribution in [2.45, 2.75) is 32.5 Å². The Morgan fingerprint density at radius 3 is 2.86 bits per heavy atom. The van der Waals surface area contributed by atoms with E-state index < -0.39 is 0 Å². The molecule has 0 fully saturated rings. The van der Waals surface area contributed by atoms with Gasteiger partial charge in [0.25, 0.3) is 5.56 Å². The predicted molar refractivity (Wildman–Crippen MR) is 114 cm³/mol. The Kier molecular flexibility index (Phi) is 5.87. The lowest BCUT2D eigenvalue weighted by Crippen LogP contribution is -2.42. The van der Waals surface area contributed by atoms with Gasteiger partial charge in [0.1, 0.15) is 6.54 Å². The topological polar surface area (TPSA) is 67.2 Å². The van der Waals surface area contributed by atoms with E-state index in [0.717, 1.165) is 19.5 Å². The average Bonchev–Trinajstić information content (AvgIpc) is 3.20. The molecule has 1 aromatic carbocycles. The third-order valence-electron chi connectivity index (χ3n) is 5.25. The summed E-state index contributed by atoms with van der Waals surface area (Å²) in [6, 6.07) is 15.6. The number of aromatic nitrogens is 2. The van der Waals surface area contributed by atoms with Gasteiger partial charge < -0.3 is 5.32 Å². The maximum absolute atomic E-state index is 12.5. The fourth-order valence-corrected chi connectivity index (χ4v) is 4.63. The second-order valence-corrected chi connectivity index (χ2v) is 8.29. The molecule has 6 nitrogen and oxygen atoms in total. The zero-order valence-electron chi connectivity index (χ0n) is 16.4. The van der Waals surface area contributed by atoms with Crippen LogP contribution in [0, 0.1) is 6.92 Å². The molecule has 150 valence electrons. The molecule has 4 rings (SSSR count). The number of nitrogens with one attached hydrogen (secondary N) is 1. The van der Waals surface area contributed by atoms with Gasteiger partial charge in [0, 0.05) is 30.6 Å². The number of aryl methyl sites for hydroxylation is 1. The summed E-state index contributed by atoms with van der Waals surface area (Å²) in [6.07, 6.45) is 1.03. The Morgan fingerprint density at radius 2 is 2.03 bits per heavy atom. The van der Waals surface area contributed by atoms with Crippen molar-refractivity contribution in [2.75, 3.05) is 13.1 Å².